The first-order valence-electron chi connectivity index (χ1n) is 6.81. The molecule has 6 heteroatoms. The molecule has 0 fully saturated rings. The summed E-state index contributed by atoms with van der Waals surface area (Å²) < 4.78 is 10.6. The smallest absolute Gasteiger partial charge is 0.273 e. The molecule has 0 aliphatic heterocycles. The quantitative estimate of drug-likeness (QED) is 0.849. The molecule has 0 saturated carbocycles. The van der Waals surface area contributed by atoms with Crippen LogP contribution in [0.25, 0.3) is 0 Å². The predicted octanol–water partition coefficient (Wildman–Crippen LogP) is 2.02. The molecule has 1 amide bonds. The van der Waals surface area contributed by atoms with Gasteiger partial charge in [-0.05, 0) is 19.9 Å². The largest absolute Gasteiger partial charge is 0.494 e. The molecule has 0 bridgehead atoms. The van der Waals surface area contributed by atoms with Gasteiger partial charge in [0.1, 0.15) is 12.0 Å². The fraction of sp³-hybridized carbons (Fsp3) is 0.333. The van der Waals surface area contributed by atoms with Gasteiger partial charge in [-0.1, -0.05) is 18.2 Å². The van der Waals surface area contributed by atoms with Crippen LogP contribution in [0.2, 0.25) is 0 Å². The van der Waals surface area contributed by atoms with E-state index in [0.29, 0.717) is 19.0 Å². The van der Waals surface area contributed by atoms with Crippen LogP contribution in [-0.2, 0) is 6.54 Å². The molecule has 2 rings (SSSR count). The highest BCUT2D eigenvalue weighted by Gasteiger charge is 2.14. The van der Waals surface area contributed by atoms with Gasteiger partial charge >= 0.3 is 0 Å². The van der Waals surface area contributed by atoms with E-state index in [9.17, 15) is 4.79 Å². The van der Waals surface area contributed by atoms with E-state index in [4.69, 9.17) is 14.9 Å². The second-order valence-corrected chi connectivity index (χ2v) is 4.58. The first kappa shape index (κ1) is 15.1. The van der Waals surface area contributed by atoms with E-state index >= 15 is 0 Å². The van der Waals surface area contributed by atoms with Gasteiger partial charge in [0.05, 0.1) is 12.6 Å². The van der Waals surface area contributed by atoms with Gasteiger partial charge in [-0.15, -0.1) is 0 Å². The van der Waals surface area contributed by atoms with E-state index in [-0.39, 0.29) is 17.6 Å². The SMILES string of the molecule is CCOc1ccccc1CNC(=O)c1coc(C(C)N)n1. The first-order chi connectivity index (χ1) is 10.1. The minimum absolute atomic E-state index is 0.219. The number of para-hydroxylation sites is 1. The molecule has 1 atom stereocenters. The maximum absolute atomic E-state index is 12.0. The summed E-state index contributed by atoms with van der Waals surface area (Å²) in [4.78, 5) is 16.1. The number of hydrogen-bond acceptors (Lipinski definition) is 5. The number of benzene rings is 1. The highest BCUT2D eigenvalue weighted by Crippen LogP contribution is 2.17. The predicted molar refractivity (Wildman–Crippen MR) is 77.9 cm³/mol. The molecule has 1 heterocycles. The Kier molecular flexibility index (Phi) is 4.94. The maximum atomic E-state index is 12.0. The molecule has 0 radical (unpaired) electrons. The second-order valence-electron chi connectivity index (χ2n) is 4.58. The van der Waals surface area contributed by atoms with E-state index in [0.717, 1.165) is 11.3 Å². The molecule has 21 heavy (non-hydrogen) atoms. The third kappa shape index (κ3) is 3.82. The van der Waals surface area contributed by atoms with E-state index < -0.39 is 0 Å². The summed E-state index contributed by atoms with van der Waals surface area (Å²) in [6.07, 6.45) is 1.31. The van der Waals surface area contributed by atoms with Crippen molar-refractivity contribution in [3.05, 3.63) is 47.7 Å². The summed E-state index contributed by atoms with van der Waals surface area (Å²) in [5, 5.41) is 2.78. The van der Waals surface area contributed by atoms with Gasteiger partial charge in [0.25, 0.3) is 5.91 Å². The van der Waals surface area contributed by atoms with Crippen molar-refractivity contribution in [1.29, 1.82) is 0 Å². The summed E-state index contributed by atoms with van der Waals surface area (Å²) in [6.45, 7) is 4.59. The Hall–Kier alpha value is -2.34. The Labute approximate surface area is 123 Å². The molecule has 2 aromatic rings. The van der Waals surface area contributed by atoms with Crippen molar-refractivity contribution >= 4 is 5.91 Å². The van der Waals surface area contributed by atoms with Crippen molar-refractivity contribution in [2.45, 2.75) is 26.4 Å². The molecule has 1 aromatic heterocycles. The Balaban J connectivity index is 2.00. The minimum Gasteiger partial charge on any atom is -0.494 e. The fourth-order valence-electron chi connectivity index (χ4n) is 1.81. The zero-order valence-electron chi connectivity index (χ0n) is 12.1. The van der Waals surface area contributed by atoms with Gasteiger partial charge in [-0.25, -0.2) is 4.98 Å². The molecule has 0 aliphatic rings. The molecule has 6 nitrogen and oxygen atoms in total. The molecule has 112 valence electrons. The van der Waals surface area contributed by atoms with Crippen LogP contribution in [-0.4, -0.2) is 17.5 Å². The summed E-state index contributed by atoms with van der Waals surface area (Å²) in [7, 11) is 0. The number of ether oxygens (including phenoxy) is 1. The van der Waals surface area contributed by atoms with Crippen LogP contribution in [0.1, 0.15) is 41.8 Å². The van der Waals surface area contributed by atoms with Gasteiger partial charge in [-0.2, -0.15) is 0 Å². The molecule has 0 aliphatic carbocycles. The van der Waals surface area contributed by atoms with Crippen LogP contribution in [0.5, 0.6) is 5.75 Å². The van der Waals surface area contributed by atoms with E-state index in [1.54, 1.807) is 6.92 Å². The number of nitrogens with zero attached hydrogens (tertiary/aromatic N) is 1. The van der Waals surface area contributed by atoms with E-state index in [1.165, 1.54) is 6.26 Å². The lowest BCUT2D eigenvalue weighted by Gasteiger charge is -2.10. The van der Waals surface area contributed by atoms with Gasteiger partial charge in [0, 0.05) is 12.1 Å². The van der Waals surface area contributed by atoms with Crippen LogP contribution in [0.15, 0.2) is 34.9 Å². The Morgan fingerprint density at radius 3 is 2.90 bits per heavy atom. The number of hydrogen-bond donors (Lipinski definition) is 2. The summed E-state index contributed by atoms with van der Waals surface area (Å²) in [6, 6.07) is 7.22. The molecule has 0 spiro atoms. The maximum Gasteiger partial charge on any atom is 0.273 e. The van der Waals surface area contributed by atoms with Crippen molar-refractivity contribution in [2.75, 3.05) is 6.61 Å². The number of aromatic nitrogens is 1. The van der Waals surface area contributed by atoms with Crippen molar-refractivity contribution in [3.63, 3.8) is 0 Å². The Morgan fingerprint density at radius 1 is 1.48 bits per heavy atom. The average Bonchev–Trinajstić information content (AvgIpc) is 2.96. The summed E-state index contributed by atoms with van der Waals surface area (Å²) in [5.41, 5.74) is 6.77. The van der Waals surface area contributed by atoms with E-state index in [2.05, 4.69) is 10.3 Å². The topological polar surface area (TPSA) is 90.4 Å². The van der Waals surface area contributed by atoms with Crippen molar-refractivity contribution in [1.82, 2.24) is 10.3 Å². The first-order valence-corrected chi connectivity index (χ1v) is 6.81. The lowest BCUT2D eigenvalue weighted by molar-refractivity contribution is 0.0945. The van der Waals surface area contributed by atoms with Crippen molar-refractivity contribution in [3.8, 4) is 5.75 Å². The van der Waals surface area contributed by atoms with Gasteiger partial charge in [0.15, 0.2) is 5.69 Å². The molecule has 1 aromatic carbocycles. The van der Waals surface area contributed by atoms with Gasteiger partial charge in [0.2, 0.25) is 5.89 Å². The Bertz CT molecular complexity index is 608. The van der Waals surface area contributed by atoms with E-state index in [1.807, 2.05) is 31.2 Å². The van der Waals surface area contributed by atoms with Crippen LogP contribution in [0.3, 0.4) is 0 Å². The van der Waals surface area contributed by atoms with Crippen LogP contribution >= 0.6 is 0 Å². The van der Waals surface area contributed by atoms with Crippen LogP contribution in [0.4, 0.5) is 0 Å². The number of carbonyl (C=O) groups excluding carboxylic acids is 1. The Morgan fingerprint density at radius 2 is 2.24 bits per heavy atom. The molecule has 0 saturated heterocycles. The summed E-state index contributed by atoms with van der Waals surface area (Å²) in [5.74, 6) is 0.795. The summed E-state index contributed by atoms with van der Waals surface area (Å²) >= 11 is 0. The average molecular weight is 289 g/mol. The highest BCUT2D eigenvalue weighted by molar-refractivity contribution is 5.91. The standard InChI is InChI=1S/C15H19N3O3/c1-3-20-13-7-5-4-6-11(13)8-17-14(19)12-9-21-15(18-12)10(2)16/h4-7,9-10H,3,8,16H2,1-2H3,(H,17,19). The number of rotatable bonds is 6. The molecule has 3 N–H and O–H groups in total. The van der Waals surface area contributed by atoms with Crippen molar-refractivity contribution < 1.29 is 13.9 Å². The molecular formula is C15H19N3O3. The third-order valence-corrected chi connectivity index (χ3v) is 2.86. The molecule has 1 unspecified atom stereocenters. The fourth-order valence-corrected chi connectivity index (χ4v) is 1.81. The second kappa shape index (κ2) is 6.90. The monoisotopic (exact) mass is 289 g/mol. The minimum atomic E-state index is -0.342. The normalized spacial score (nSPS) is 12.0. The zero-order valence-corrected chi connectivity index (χ0v) is 12.1. The number of nitrogens with two attached hydrogens (primary N) is 1. The van der Waals surface area contributed by atoms with Crippen LogP contribution < -0.4 is 15.8 Å². The van der Waals surface area contributed by atoms with Gasteiger partial charge < -0.3 is 20.2 Å². The number of nitrogens with one attached hydrogen (secondary N) is 1. The van der Waals surface area contributed by atoms with Crippen molar-refractivity contribution in [2.24, 2.45) is 5.73 Å². The van der Waals surface area contributed by atoms with Crippen LogP contribution in [0, 0.1) is 0 Å². The van der Waals surface area contributed by atoms with Gasteiger partial charge in [-0.3, -0.25) is 4.79 Å². The lowest BCUT2D eigenvalue weighted by Crippen LogP contribution is -2.23. The number of carbonyl (C=O) groups is 1. The molecular weight excluding hydrogens is 270 g/mol. The number of oxazole rings is 1. The third-order valence-electron chi connectivity index (χ3n) is 2.86. The highest BCUT2D eigenvalue weighted by atomic mass is 16.5. The number of amides is 1. The lowest BCUT2D eigenvalue weighted by atomic mass is 10.2. The zero-order chi connectivity index (χ0) is 15.2.